The first-order valence-electron chi connectivity index (χ1n) is 6.56. The Kier molecular flexibility index (Phi) is 5.06. The van der Waals surface area contributed by atoms with Crippen molar-refractivity contribution >= 4 is 17.8 Å². The van der Waals surface area contributed by atoms with E-state index in [0.717, 1.165) is 17.7 Å². The summed E-state index contributed by atoms with van der Waals surface area (Å²) in [5, 5.41) is 18.2. The maximum atomic E-state index is 12.1. The van der Waals surface area contributed by atoms with Gasteiger partial charge < -0.3 is 10.2 Å². The monoisotopic (exact) mass is 315 g/mol. The Bertz CT molecular complexity index is 709. The topological polar surface area (TPSA) is 113 Å². The Morgan fingerprint density at radius 3 is 1.96 bits per heavy atom. The second kappa shape index (κ2) is 7.19. The molecule has 2 rings (SSSR count). The molecule has 0 radical (unpaired) electrons. The van der Waals surface area contributed by atoms with Gasteiger partial charge in [-0.2, -0.15) is 0 Å². The first-order valence-corrected chi connectivity index (χ1v) is 6.56. The maximum absolute atomic E-state index is 12.1. The summed E-state index contributed by atoms with van der Waals surface area (Å²) in [7, 11) is 0. The van der Waals surface area contributed by atoms with E-state index < -0.39 is 34.5 Å². The zero-order valence-electron chi connectivity index (χ0n) is 11.9. The molecule has 0 aliphatic heterocycles. The number of benzene rings is 2. The van der Waals surface area contributed by atoms with Gasteiger partial charge in [0.2, 0.25) is 0 Å². The van der Waals surface area contributed by atoms with Crippen LogP contribution in [0.15, 0.2) is 48.5 Å². The fraction of sp³-hybridized carbons (Fsp3) is 0.0625. The molecule has 3 N–H and O–H groups in total. The van der Waals surface area contributed by atoms with Crippen LogP contribution in [-0.4, -0.2) is 28.1 Å². The van der Waals surface area contributed by atoms with Gasteiger partial charge in [-0.3, -0.25) is 9.63 Å². The molecule has 0 unspecified atom stereocenters. The van der Waals surface area contributed by atoms with E-state index in [1.54, 1.807) is 24.3 Å². The van der Waals surface area contributed by atoms with Crippen LogP contribution in [0.4, 0.5) is 0 Å². The Hall–Kier alpha value is -3.19. The minimum Gasteiger partial charge on any atom is -0.478 e. The second-order valence-corrected chi connectivity index (χ2v) is 4.54. The van der Waals surface area contributed by atoms with Gasteiger partial charge in [0.05, 0.1) is 23.3 Å². The highest BCUT2D eigenvalue weighted by molar-refractivity contribution is 6.11. The molecular weight excluding hydrogens is 302 g/mol. The van der Waals surface area contributed by atoms with Crippen LogP contribution >= 0.6 is 0 Å². The van der Waals surface area contributed by atoms with E-state index in [-0.39, 0.29) is 6.61 Å². The fourth-order valence-electron chi connectivity index (χ4n) is 1.96. The molecule has 0 aliphatic carbocycles. The van der Waals surface area contributed by atoms with E-state index in [2.05, 4.69) is 5.48 Å². The van der Waals surface area contributed by atoms with Crippen molar-refractivity contribution in [3.63, 3.8) is 0 Å². The molecule has 23 heavy (non-hydrogen) atoms. The predicted molar refractivity (Wildman–Crippen MR) is 79.1 cm³/mol. The zero-order valence-corrected chi connectivity index (χ0v) is 11.9. The number of carboxylic acid groups (broad SMARTS) is 2. The maximum Gasteiger partial charge on any atom is 0.336 e. The Morgan fingerprint density at radius 1 is 0.870 bits per heavy atom. The number of hydroxylamine groups is 1. The van der Waals surface area contributed by atoms with Gasteiger partial charge in [0.15, 0.2) is 0 Å². The van der Waals surface area contributed by atoms with Crippen LogP contribution in [0.2, 0.25) is 0 Å². The van der Waals surface area contributed by atoms with E-state index in [1.165, 1.54) is 6.07 Å². The first kappa shape index (κ1) is 16.2. The van der Waals surface area contributed by atoms with Crippen LogP contribution in [0.3, 0.4) is 0 Å². The van der Waals surface area contributed by atoms with Crippen molar-refractivity contribution < 1.29 is 29.4 Å². The van der Waals surface area contributed by atoms with Crippen molar-refractivity contribution in [2.75, 3.05) is 0 Å². The number of nitrogens with one attached hydrogen (secondary N) is 1. The molecule has 0 atom stereocenters. The lowest BCUT2D eigenvalue weighted by atomic mass is 10.0. The smallest absolute Gasteiger partial charge is 0.336 e. The molecule has 0 heterocycles. The number of carboxylic acids is 2. The minimum absolute atomic E-state index is 0.0597. The molecule has 0 saturated heterocycles. The SMILES string of the molecule is O=C(O)c1cccc(C(=O)O)c1C(=O)NOCc1ccccc1. The molecule has 0 bridgehead atoms. The molecule has 118 valence electrons. The minimum atomic E-state index is -1.40. The summed E-state index contributed by atoms with van der Waals surface area (Å²) in [5.74, 6) is -3.74. The lowest BCUT2D eigenvalue weighted by molar-refractivity contribution is 0.0228. The van der Waals surface area contributed by atoms with Gasteiger partial charge >= 0.3 is 11.9 Å². The summed E-state index contributed by atoms with van der Waals surface area (Å²) in [5.41, 5.74) is 1.58. The number of carbonyl (C=O) groups is 3. The molecule has 7 nitrogen and oxygen atoms in total. The Labute approximate surface area is 131 Å². The van der Waals surface area contributed by atoms with Crippen LogP contribution in [-0.2, 0) is 11.4 Å². The summed E-state index contributed by atoms with van der Waals surface area (Å²) in [4.78, 5) is 39.5. The van der Waals surface area contributed by atoms with E-state index in [9.17, 15) is 14.4 Å². The zero-order chi connectivity index (χ0) is 16.8. The van der Waals surface area contributed by atoms with Crippen molar-refractivity contribution in [3.8, 4) is 0 Å². The molecule has 0 aliphatic rings. The van der Waals surface area contributed by atoms with Crippen molar-refractivity contribution in [2.45, 2.75) is 6.61 Å². The van der Waals surface area contributed by atoms with Gasteiger partial charge in [-0.15, -0.1) is 0 Å². The first-order chi connectivity index (χ1) is 11.0. The van der Waals surface area contributed by atoms with Gasteiger partial charge in [-0.25, -0.2) is 15.1 Å². The summed E-state index contributed by atoms with van der Waals surface area (Å²) in [6.45, 7) is 0.0597. The highest BCUT2D eigenvalue weighted by Gasteiger charge is 2.24. The molecule has 2 aromatic rings. The van der Waals surface area contributed by atoms with Crippen LogP contribution in [0.1, 0.15) is 36.6 Å². The molecule has 1 amide bonds. The van der Waals surface area contributed by atoms with Crippen LogP contribution < -0.4 is 5.48 Å². The van der Waals surface area contributed by atoms with Gasteiger partial charge in [0, 0.05) is 0 Å². The van der Waals surface area contributed by atoms with Crippen molar-refractivity contribution in [2.24, 2.45) is 0 Å². The lowest BCUT2D eigenvalue weighted by Crippen LogP contribution is -2.28. The van der Waals surface area contributed by atoms with Crippen LogP contribution in [0.5, 0.6) is 0 Å². The molecule has 0 aromatic heterocycles. The van der Waals surface area contributed by atoms with Gasteiger partial charge in [0.25, 0.3) is 5.91 Å². The largest absolute Gasteiger partial charge is 0.478 e. The Balaban J connectivity index is 2.18. The fourth-order valence-corrected chi connectivity index (χ4v) is 1.96. The summed E-state index contributed by atoms with van der Waals surface area (Å²) < 4.78 is 0. The highest BCUT2D eigenvalue weighted by Crippen LogP contribution is 2.16. The summed E-state index contributed by atoms with van der Waals surface area (Å²) in [6.07, 6.45) is 0. The van der Waals surface area contributed by atoms with Crippen LogP contribution in [0.25, 0.3) is 0 Å². The number of carbonyl (C=O) groups excluding carboxylic acids is 1. The third-order valence-corrected chi connectivity index (χ3v) is 3.00. The van der Waals surface area contributed by atoms with Gasteiger partial charge in [-0.1, -0.05) is 36.4 Å². The number of hydrogen-bond acceptors (Lipinski definition) is 4. The molecule has 0 saturated carbocycles. The number of hydrogen-bond donors (Lipinski definition) is 3. The molecule has 7 heteroatoms. The lowest BCUT2D eigenvalue weighted by Gasteiger charge is -2.10. The molecule has 0 spiro atoms. The third-order valence-electron chi connectivity index (χ3n) is 3.00. The van der Waals surface area contributed by atoms with E-state index >= 15 is 0 Å². The van der Waals surface area contributed by atoms with E-state index in [1.807, 2.05) is 6.07 Å². The normalized spacial score (nSPS) is 10.1. The Morgan fingerprint density at radius 2 is 1.43 bits per heavy atom. The van der Waals surface area contributed by atoms with Crippen molar-refractivity contribution in [1.29, 1.82) is 0 Å². The van der Waals surface area contributed by atoms with Crippen molar-refractivity contribution in [1.82, 2.24) is 5.48 Å². The third kappa shape index (κ3) is 3.92. The standard InChI is InChI=1S/C16H13NO6/c18-14(17-23-9-10-5-2-1-3-6-10)13-11(15(19)20)7-4-8-12(13)16(21)22/h1-8H,9H2,(H,17,18)(H,19,20)(H,21,22). The number of rotatable bonds is 6. The molecular formula is C16H13NO6. The average Bonchev–Trinajstić information content (AvgIpc) is 2.54. The van der Waals surface area contributed by atoms with Gasteiger partial charge in [0.1, 0.15) is 0 Å². The average molecular weight is 315 g/mol. The predicted octanol–water partition coefficient (Wildman–Crippen LogP) is 1.94. The number of amides is 1. The summed E-state index contributed by atoms with van der Waals surface area (Å²) in [6, 6.07) is 12.5. The highest BCUT2D eigenvalue weighted by atomic mass is 16.6. The number of aromatic carboxylic acids is 2. The van der Waals surface area contributed by atoms with Crippen LogP contribution in [0, 0.1) is 0 Å². The second-order valence-electron chi connectivity index (χ2n) is 4.54. The molecule has 0 fully saturated rings. The van der Waals surface area contributed by atoms with Gasteiger partial charge in [-0.05, 0) is 17.7 Å². The van der Waals surface area contributed by atoms with E-state index in [0.29, 0.717) is 0 Å². The van der Waals surface area contributed by atoms with Crippen molar-refractivity contribution in [3.05, 3.63) is 70.8 Å². The van der Waals surface area contributed by atoms with E-state index in [4.69, 9.17) is 15.1 Å². The molecule has 2 aromatic carbocycles. The summed E-state index contributed by atoms with van der Waals surface area (Å²) >= 11 is 0. The quantitative estimate of drug-likeness (QED) is 0.702.